The molecule has 0 heterocycles. The quantitative estimate of drug-likeness (QED) is 0.353. The molecule has 0 amide bonds. The summed E-state index contributed by atoms with van der Waals surface area (Å²) in [6.07, 6.45) is 7.31. The van der Waals surface area contributed by atoms with Crippen LogP contribution >= 0.6 is 0 Å². The van der Waals surface area contributed by atoms with Crippen molar-refractivity contribution >= 4 is 0 Å². The second-order valence-electron chi connectivity index (χ2n) is 2.44. The Bertz CT molecular complexity index is 180. The number of aliphatic hydroxyl groups is 1. The van der Waals surface area contributed by atoms with E-state index >= 15 is 0 Å². The van der Waals surface area contributed by atoms with E-state index in [0.717, 1.165) is 0 Å². The molecule has 0 unspecified atom stereocenters. The molecule has 5 heteroatoms. The van der Waals surface area contributed by atoms with E-state index in [9.17, 15) is 5.11 Å². The summed E-state index contributed by atoms with van der Waals surface area (Å²) in [5.41, 5.74) is -0.768. The van der Waals surface area contributed by atoms with Gasteiger partial charge in [0.2, 0.25) is 0 Å². The molecule has 0 spiro atoms. The average Bonchev–Trinajstić information content (AvgIpc) is 2.34. The van der Waals surface area contributed by atoms with Gasteiger partial charge in [-0.15, -0.1) is 6.58 Å². The molecule has 0 saturated carbocycles. The Balaban J connectivity index is -0.0000000594. The van der Waals surface area contributed by atoms with Crippen LogP contribution in [-0.2, 0) is 31.0 Å². The van der Waals surface area contributed by atoms with Crippen LogP contribution in [0.3, 0.4) is 0 Å². The van der Waals surface area contributed by atoms with Crippen LogP contribution in [0.2, 0.25) is 0 Å². The first kappa shape index (κ1) is 29.9. The fourth-order valence-corrected chi connectivity index (χ4v) is 0.636. The number of hydrogen-bond donors (Lipinski definition) is 1. The van der Waals surface area contributed by atoms with E-state index in [1.54, 1.807) is 32.3 Å². The molecule has 1 atom stereocenters. The molecule has 0 aromatic carbocycles. The van der Waals surface area contributed by atoms with E-state index < -0.39 is 5.60 Å². The summed E-state index contributed by atoms with van der Waals surface area (Å²) in [5.74, 6) is 0. The third kappa shape index (κ3) is 39.2. The zero-order valence-electron chi connectivity index (χ0n) is 9.46. The normalized spacial score (nSPS) is 9.94. The monoisotopic (exact) mass is 278 g/mol. The predicted molar refractivity (Wildman–Crippen MR) is 55.5 cm³/mol. The molecule has 0 aliphatic carbocycles. The molecule has 0 fully saturated rings. The van der Waals surface area contributed by atoms with Crippen LogP contribution in [-0.4, -0.2) is 10.7 Å². The van der Waals surface area contributed by atoms with Crippen LogP contribution in [0.25, 0.3) is 0 Å². The second-order valence-corrected chi connectivity index (χ2v) is 2.44. The number of hydrogen-bond acceptors (Lipinski definition) is 1. The summed E-state index contributed by atoms with van der Waals surface area (Å²) in [5, 5.41) is 9.44. The summed E-state index contributed by atoms with van der Waals surface area (Å²) >= 11 is 0. The molecule has 0 aliphatic rings. The van der Waals surface area contributed by atoms with Crippen molar-refractivity contribution in [2.75, 3.05) is 0 Å². The van der Waals surface area contributed by atoms with Gasteiger partial charge in [0.25, 0.3) is 0 Å². The van der Waals surface area contributed by atoms with E-state index in [2.05, 4.69) is 33.5 Å². The zero-order valence-corrected chi connectivity index (χ0v) is 10.6. The van der Waals surface area contributed by atoms with Gasteiger partial charge in [-0.2, -0.15) is 0 Å². The van der Waals surface area contributed by atoms with Gasteiger partial charge in [-0.05, 0) is 39.5 Å². The summed E-state index contributed by atoms with van der Waals surface area (Å²) in [7, 11) is 0. The maximum absolute atomic E-state index is 9.44. The first-order valence-corrected chi connectivity index (χ1v) is 3.87. The molecular formula is C12H14FeO4. The molecule has 0 aliphatic heterocycles. The van der Waals surface area contributed by atoms with Gasteiger partial charge >= 0.3 is 33.9 Å². The van der Waals surface area contributed by atoms with Crippen LogP contribution in [0.15, 0.2) is 12.7 Å². The maximum atomic E-state index is 9.44. The van der Waals surface area contributed by atoms with Gasteiger partial charge in [-0.25, -0.2) is 0 Å². The van der Waals surface area contributed by atoms with Crippen LogP contribution in [0.1, 0.15) is 13.3 Å². The fourth-order valence-electron chi connectivity index (χ4n) is 0.636. The largest absolute Gasteiger partial charge is 0.390 e. The molecule has 94 valence electrons. The molecular weight excluding hydrogens is 264 g/mol. The summed E-state index contributed by atoms with van der Waals surface area (Å²) in [6, 6.07) is 0. The maximum Gasteiger partial charge on any atom is 0.0688 e. The Morgan fingerprint density at radius 2 is 1.53 bits per heavy atom. The number of rotatable bonds is 5. The van der Waals surface area contributed by atoms with Crippen LogP contribution in [0.5, 0.6) is 0 Å². The van der Waals surface area contributed by atoms with E-state index in [-0.39, 0.29) is 17.1 Å². The van der Waals surface area contributed by atoms with Gasteiger partial charge in [0.15, 0.2) is 0 Å². The predicted octanol–water partition coefficient (Wildman–Crippen LogP) is 1.65. The fraction of sp³-hybridized carbons (Fsp3) is 0.250. The third-order valence-electron chi connectivity index (χ3n) is 1.15. The molecule has 0 aromatic rings. The molecule has 17 heavy (non-hydrogen) atoms. The van der Waals surface area contributed by atoms with Crippen LogP contribution < -0.4 is 0 Å². The SMILES string of the molecule is [C-]#[O+].[C-]#[O+].[C-]#[O+].[CH2][CH][CH][CH][C@](C)(O)CC=C.[Fe]. The Kier molecular flexibility index (Phi) is 52.0. The molecule has 0 aromatic heterocycles. The average molecular weight is 278 g/mol. The Labute approximate surface area is 114 Å². The van der Waals surface area contributed by atoms with Gasteiger partial charge in [0, 0.05) is 17.1 Å². The number of unbranched alkanes of at least 4 members (excludes halogenated alkanes) is 1. The van der Waals surface area contributed by atoms with Crippen LogP contribution in [0.4, 0.5) is 0 Å². The summed E-state index contributed by atoms with van der Waals surface area (Å²) in [6.45, 7) is 22.3. The van der Waals surface area contributed by atoms with E-state index in [4.69, 9.17) is 14.0 Å². The molecule has 4 radical (unpaired) electrons. The Morgan fingerprint density at radius 3 is 1.76 bits per heavy atom. The van der Waals surface area contributed by atoms with Gasteiger partial charge in [0.05, 0.1) is 5.60 Å². The second kappa shape index (κ2) is 29.5. The van der Waals surface area contributed by atoms with Crippen molar-refractivity contribution in [3.8, 4) is 0 Å². The van der Waals surface area contributed by atoms with Crippen molar-refractivity contribution in [1.29, 1.82) is 0 Å². The third-order valence-corrected chi connectivity index (χ3v) is 1.15. The van der Waals surface area contributed by atoms with Gasteiger partial charge in [-0.1, -0.05) is 6.08 Å². The molecule has 0 saturated heterocycles. The Hall–Kier alpha value is -0.561. The van der Waals surface area contributed by atoms with Crippen molar-refractivity contribution < 1.29 is 36.1 Å². The molecule has 0 bridgehead atoms. The molecule has 4 nitrogen and oxygen atoms in total. The first-order valence-electron chi connectivity index (χ1n) is 3.87. The molecule has 1 N–H and O–H groups in total. The van der Waals surface area contributed by atoms with Gasteiger partial charge in [0.1, 0.15) is 0 Å². The topological polar surface area (TPSA) is 79.9 Å². The Morgan fingerprint density at radius 1 is 1.18 bits per heavy atom. The first-order chi connectivity index (χ1) is 7.62. The minimum absolute atomic E-state index is 0. The van der Waals surface area contributed by atoms with E-state index in [1.807, 2.05) is 0 Å². The summed E-state index contributed by atoms with van der Waals surface area (Å²) < 4.78 is 22.5. The summed E-state index contributed by atoms with van der Waals surface area (Å²) in [4.78, 5) is 0. The van der Waals surface area contributed by atoms with Crippen molar-refractivity contribution in [3.05, 3.63) is 58.8 Å². The minimum atomic E-state index is -0.768. The standard InChI is InChI=1S/C9H14O.3CO.Fe/c1-4-6-8-9(3,10)7-5-2;3*1-2;/h4-6,8,10H,1-2,7H2,3H3;;;;/t9-;;;;/m1..../s1. The zero-order chi connectivity index (χ0) is 14.0. The van der Waals surface area contributed by atoms with Gasteiger partial charge in [-0.3, -0.25) is 0 Å². The van der Waals surface area contributed by atoms with Crippen molar-refractivity contribution in [2.45, 2.75) is 18.9 Å². The van der Waals surface area contributed by atoms with Crippen molar-refractivity contribution in [3.63, 3.8) is 0 Å². The van der Waals surface area contributed by atoms with Crippen LogP contribution in [0, 0.1) is 46.1 Å². The van der Waals surface area contributed by atoms with E-state index in [0.29, 0.717) is 6.42 Å². The minimum Gasteiger partial charge on any atom is -0.390 e. The van der Waals surface area contributed by atoms with Crippen molar-refractivity contribution in [2.24, 2.45) is 0 Å². The van der Waals surface area contributed by atoms with Gasteiger partial charge < -0.3 is 5.11 Å². The van der Waals surface area contributed by atoms with E-state index in [1.165, 1.54) is 0 Å². The smallest absolute Gasteiger partial charge is 0.0688 e. The molecule has 0 rings (SSSR count). The van der Waals surface area contributed by atoms with Crippen molar-refractivity contribution in [1.82, 2.24) is 0 Å².